The summed E-state index contributed by atoms with van der Waals surface area (Å²) >= 11 is 5.89. The maximum Gasteiger partial charge on any atom is 0.227 e. The first-order valence-electron chi connectivity index (χ1n) is 6.25. The fraction of sp³-hybridized carbons (Fsp3) is 0.188. The largest absolute Gasteiger partial charge is 0.326 e. The van der Waals surface area contributed by atoms with E-state index in [1.165, 1.54) is 0 Å². The highest BCUT2D eigenvalue weighted by Gasteiger charge is 2.13. The van der Waals surface area contributed by atoms with Crippen molar-refractivity contribution in [3.63, 3.8) is 0 Å². The van der Waals surface area contributed by atoms with Gasteiger partial charge in [-0.3, -0.25) is 4.79 Å². The van der Waals surface area contributed by atoms with Gasteiger partial charge in [0.05, 0.1) is 0 Å². The molecule has 19 heavy (non-hydrogen) atoms. The highest BCUT2D eigenvalue weighted by atomic mass is 35.5. The number of hydrogen-bond donors (Lipinski definition) is 1. The Morgan fingerprint density at radius 2 is 1.89 bits per heavy atom. The van der Waals surface area contributed by atoms with Gasteiger partial charge in [-0.25, -0.2) is 0 Å². The maximum atomic E-state index is 12.1. The average Bonchev–Trinajstić information content (AvgIpc) is 2.40. The van der Waals surface area contributed by atoms with Crippen LogP contribution in [-0.2, 0) is 11.2 Å². The van der Waals surface area contributed by atoms with Gasteiger partial charge in [0.1, 0.15) is 0 Å². The number of hydrogen-bond acceptors (Lipinski definition) is 1. The van der Waals surface area contributed by atoms with Crippen LogP contribution in [0.1, 0.15) is 12.5 Å². The van der Waals surface area contributed by atoms with E-state index >= 15 is 0 Å². The summed E-state index contributed by atoms with van der Waals surface area (Å²) in [7, 11) is 0. The van der Waals surface area contributed by atoms with Crippen LogP contribution in [0.4, 0.5) is 5.69 Å². The number of nitrogens with one attached hydrogen (secondary N) is 1. The maximum absolute atomic E-state index is 12.1. The molecule has 2 nitrogen and oxygen atoms in total. The minimum atomic E-state index is -0.0821. The molecule has 0 fully saturated rings. The normalized spacial score (nSPS) is 11.9. The Morgan fingerprint density at radius 1 is 1.16 bits per heavy atom. The minimum Gasteiger partial charge on any atom is -0.326 e. The molecule has 98 valence electrons. The van der Waals surface area contributed by atoms with Crippen molar-refractivity contribution >= 4 is 23.2 Å². The van der Waals surface area contributed by atoms with Crippen molar-refractivity contribution in [3.05, 3.63) is 65.2 Å². The Hall–Kier alpha value is -1.80. The quantitative estimate of drug-likeness (QED) is 0.890. The second kappa shape index (κ2) is 6.39. The molecule has 0 aliphatic heterocycles. The van der Waals surface area contributed by atoms with Crippen LogP contribution in [0.15, 0.2) is 54.6 Å². The van der Waals surface area contributed by atoms with Gasteiger partial charge in [-0.05, 0) is 30.2 Å². The van der Waals surface area contributed by atoms with Gasteiger partial charge < -0.3 is 5.32 Å². The summed E-state index contributed by atoms with van der Waals surface area (Å²) in [6, 6.07) is 17.2. The number of carbonyl (C=O) groups excluding carboxylic acids is 1. The molecule has 2 aromatic carbocycles. The van der Waals surface area contributed by atoms with Gasteiger partial charge in [-0.2, -0.15) is 0 Å². The van der Waals surface area contributed by atoms with Crippen molar-refractivity contribution in [2.24, 2.45) is 5.92 Å². The molecule has 0 spiro atoms. The van der Waals surface area contributed by atoms with E-state index in [0.29, 0.717) is 5.02 Å². The number of carbonyl (C=O) groups is 1. The van der Waals surface area contributed by atoms with Gasteiger partial charge in [0.25, 0.3) is 0 Å². The fourth-order valence-corrected chi connectivity index (χ4v) is 2.08. The Balaban J connectivity index is 1.96. The molecule has 1 N–H and O–H groups in total. The Bertz CT molecular complexity index is 554. The first kappa shape index (κ1) is 13.6. The Kier molecular flexibility index (Phi) is 4.58. The van der Waals surface area contributed by atoms with Crippen LogP contribution in [0.2, 0.25) is 5.02 Å². The zero-order valence-corrected chi connectivity index (χ0v) is 11.5. The van der Waals surface area contributed by atoms with E-state index in [1.54, 1.807) is 12.1 Å². The zero-order chi connectivity index (χ0) is 13.7. The average molecular weight is 274 g/mol. The van der Waals surface area contributed by atoms with Crippen LogP contribution in [0.25, 0.3) is 0 Å². The summed E-state index contributed by atoms with van der Waals surface area (Å²) in [5.74, 6) is -0.0764. The van der Waals surface area contributed by atoms with Crippen LogP contribution in [0.3, 0.4) is 0 Å². The van der Waals surface area contributed by atoms with E-state index in [4.69, 9.17) is 11.6 Å². The highest BCUT2D eigenvalue weighted by Crippen LogP contribution is 2.16. The first-order chi connectivity index (χ1) is 9.15. The number of halogens is 1. The van der Waals surface area contributed by atoms with E-state index in [2.05, 4.69) is 5.32 Å². The van der Waals surface area contributed by atoms with Crippen molar-refractivity contribution < 1.29 is 4.79 Å². The Morgan fingerprint density at radius 3 is 2.58 bits per heavy atom. The molecule has 1 amide bonds. The van der Waals surface area contributed by atoms with E-state index < -0.39 is 0 Å². The molecule has 0 saturated heterocycles. The Labute approximate surface area is 118 Å². The van der Waals surface area contributed by atoms with Gasteiger partial charge >= 0.3 is 0 Å². The topological polar surface area (TPSA) is 29.1 Å². The molecule has 0 radical (unpaired) electrons. The minimum absolute atomic E-state index is 0.00567. The van der Waals surface area contributed by atoms with Crippen LogP contribution in [0.5, 0.6) is 0 Å². The van der Waals surface area contributed by atoms with Crippen molar-refractivity contribution in [3.8, 4) is 0 Å². The van der Waals surface area contributed by atoms with Crippen LogP contribution in [-0.4, -0.2) is 5.91 Å². The summed E-state index contributed by atoms with van der Waals surface area (Å²) in [6.45, 7) is 1.92. The molecule has 0 aliphatic carbocycles. The molecule has 0 saturated carbocycles. The van der Waals surface area contributed by atoms with E-state index in [0.717, 1.165) is 17.7 Å². The van der Waals surface area contributed by atoms with Crippen LogP contribution in [0, 0.1) is 5.92 Å². The SMILES string of the molecule is CC(Cc1ccccc1)C(=O)Nc1cccc(Cl)c1. The first-order valence-corrected chi connectivity index (χ1v) is 6.63. The summed E-state index contributed by atoms with van der Waals surface area (Å²) in [5.41, 5.74) is 1.90. The number of benzene rings is 2. The smallest absolute Gasteiger partial charge is 0.227 e. The summed E-state index contributed by atoms with van der Waals surface area (Å²) < 4.78 is 0. The van der Waals surface area contributed by atoms with Crippen LogP contribution < -0.4 is 5.32 Å². The third-order valence-electron chi connectivity index (χ3n) is 2.92. The molecular weight excluding hydrogens is 258 g/mol. The van der Waals surface area contributed by atoms with E-state index in [9.17, 15) is 4.79 Å². The highest BCUT2D eigenvalue weighted by molar-refractivity contribution is 6.30. The second-order valence-corrected chi connectivity index (χ2v) is 5.03. The van der Waals surface area contributed by atoms with Gasteiger partial charge in [0, 0.05) is 16.6 Å². The van der Waals surface area contributed by atoms with Gasteiger partial charge in [0.15, 0.2) is 0 Å². The number of rotatable bonds is 4. The van der Waals surface area contributed by atoms with Crippen molar-refractivity contribution in [1.29, 1.82) is 0 Å². The third-order valence-corrected chi connectivity index (χ3v) is 3.16. The lowest BCUT2D eigenvalue weighted by atomic mass is 10.0. The molecule has 0 aromatic heterocycles. The van der Waals surface area contributed by atoms with Crippen molar-refractivity contribution in [2.75, 3.05) is 5.32 Å². The van der Waals surface area contributed by atoms with Gasteiger partial charge in [0.2, 0.25) is 5.91 Å². The molecule has 0 bridgehead atoms. The lowest BCUT2D eigenvalue weighted by Gasteiger charge is -2.12. The standard InChI is InChI=1S/C16H16ClNO/c1-12(10-13-6-3-2-4-7-13)16(19)18-15-9-5-8-14(17)11-15/h2-9,11-12H,10H2,1H3,(H,18,19). The summed E-state index contributed by atoms with van der Waals surface area (Å²) in [5, 5.41) is 3.50. The zero-order valence-electron chi connectivity index (χ0n) is 10.8. The molecule has 3 heteroatoms. The molecule has 2 aromatic rings. The van der Waals surface area contributed by atoms with E-state index in [-0.39, 0.29) is 11.8 Å². The number of anilines is 1. The van der Waals surface area contributed by atoms with Gasteiger partial charge in [-0.1, -0.05) is 54.9 Å². The molecule has 0 heterocycles. The summed E-state index contributed by atoms with van der Waals surface area (Å²) in [4.78, 5) is 12.1. The molecule has 2 rings (SSSR count). The molecule has 0 aliphatic rings. The molecule has 1 unspecified atom stereocenters. The lowest BCUT2D eigenvalue weighted by Crippen LogP contribution is -2.22. The monoisotopic (exact) mass is 273 g/mol. The molecular formula is C16H16ClNO. The molecule has 1 atom stereocenters. The second-order valence-electron chi connectivity index (χ2n) is 4.59. The van der Waals surface area contributed by atoms with E-state index in [1.807, 2.05) is 49.4 Å². The summed E-state index contributed by atoms with van der Waals surface area (Å²) in [6.07, 6.45) is 0.729. The van der Waals surface area contributed by atoms with Gasteiger partial charge in [-0.15, -0.1) is 0 Å². The van der Waals surface area contributed by atoms with Crippen molar-refractivity contribution in [2.45, 2.75) is 13.3 Å². The predicted octanol–water partition coefficient (Wildman–Crippen LogP) is 4.16. The fourth-order valence-electron chi connectivity index (χ4n) is 1.89. The third kappa shape index (κ3) is 4.11. The lowest BCUT2D eigenvalue weighted by molar-refractivity contribution is -0.119. The predicted molar refractivity (Wildman–Crippen MR) is 79.4 cm³/mol. The number of amides is 1. The van der Waals surface area contributed by atoms with Crippen molar-refractivity contribution in [1.82, 2.24) is 0 Å². The van der Waals surface area contributed by atoms with Crippen LogP contribution >= 0.6 is 11.6 Å².